The minimum absolute atomic E-state index is 0.0316. The molecule has 0 spiro atoms. The van der Waals surface area contributed by atoms with Crippen LogP contribution in [0, 0.1) is 6.92 Å². The van der Waals surface area contributed by atoms with Crippen molar-refractivity contribution >= 4 is 5.91 Å². The van der Waals surface area contributed by atoms with Crippen molar-refractivity contribution < 1.29 is 14.3 Å². The topological polar surface area (TPSA) is 60.5 Å². The summed E-state index contributed by atoms with van der Waals surface area (Å²) in [6.07, 6.45) is 3.44. The van der Waals surface area contributed by atoms with E-state index < -0.39 is 0 Å². The van der Waals surface area contributed by atoms with Crippen LogP contribution < -0.4 is 10.1 Å². The Kier molecular flexibility index (Phi) is 4.52. The molecule has 0 saturated carbocycles. The summed E-state index contributed by atoms with van der Waals surface area (Å²) in [6.45, 7) is 3.32. The van der Waals surface area contributed by atoms with E-state index in [0.717, 1.165) is 18.5 Å². The van der Waals surface area contributed by atoms with Gasteiger partial charge in [-0.05, 0) is 31.9 Å². The van der Waals surface area contributed by atoms with Crippen molar-refractivity contribution in [3.8, 4) is 5.75 Å². The maximum Gasteiger partial charge on any atom is 0.258 e. The summed E-state index contributed by atoms with van der Waals surface area (Å²) in [4.78, 5) is 15.8. The Bertz CT molecular complexity index is 403. The first kappa shape index (κ1) is 12.8. The van der Waals surface area contributed by atoms with E-state index in [4.69, 9.17) is 9.47 Å². The van der Waals surface area contributed by atoms with Gasteiger partial charge in [-0.3, -0.25) is 9.78 Å². The lowest BCUT2D eigenvalue weighted by atomic mass is 10.1. The fourth-order valence-corrected chi connectivity index (χ4v) is 1.88. The zero-order valence-corrected chi connectivity index (χ0v) is 10.5. The van der Waals surface area contributed by atoms with Gasteiger partial charge in [0.15, 0.2) is 6.61 Å². The van der Waals surface area contributed by atoms with Crippen LogP contribution in [0.5, 0.6) is 5.75 Å². The normalized spacial score (nSPS) is 16.3. The standard InChI is InChI=1S/C13H18N2O3/c1-10-12(3-2-6-14-10)18-9-13(16)15-11-4-7-17-8-5-11/h2-3,6,11H,4-5,7-9H2,1H3,(H,15,16). The van der Waals surface area contributed by atoms with Crippen LogP contribution in [0.3, 0.4) is 0 Å². The molecule has 18 heavy (non-hydrogen) atoms. The molecular formula is C13H18N2O3. The monoisotopic (exact) mass is 250 g/mol. The van der Waals surface area contributed by atoms with Gasteiger partial charge in [-0.2, -0.15) is 0 Å². The van der Waals surface area contributed by atoms with E-state index in [2.05, 4.69) is 10.3 Å². The Labute approximate surface area is 107 Å². The van der Waals surface area contributed by atoms with Crippen LogP contribution in [0.25, 0.3) is 0 Å². The van der Waals surface area contributed by atoms with Crippen molar-refractivity contribution in [3.63, 3.8) is 0 Å². The zero-order valence-electron chi connectivity index (χ0n) is 10.5. The van der Waals surface area contributed by atoms with Crippen molar-refractivity contribution in [2.24, 2.45) is 0 Å². The van der Waals surface area contributed by atoms with Crippen LogP contribution >= 0.6 is 0 Å². The molecule has 2 heterocycles. The maximum atomic E-state index is 11.7. The molecule has 5 nitrogen and oxygen atoms in total. The van der Waals surface area contributed by atoms with Crippen LogP contribution in [0.15, 0.2) is 18.3 Å². The Morgan fingerprint density at radius 3 is 3.06 bits per heavy atom. The van der Waals surface area contributed by atoms with Crippen molar-refractivity contribution in [3.05, 3.63) is 24.0 Å². The highest BCUT2D eigenvalue weighted by Crippen LogP contribution is 2.13. The minimum atomic E-state index is -0.0925. The number of aryl methyl sites for hydroxylation is 1. The van der Waals surface area contributed by atoms with Gasteiger partial charge in [-0.25, -0.2) is 0 Å². The predicted octanol–water partition coefficient (Wildman–Crippen LogP) is 1.06. The van der Waals surface area contributed by atoms with Crippen LogP contribution in [-0.2, 0) is 9.53 Å². The van der Waals surface area contributed by atoms with Gasteiger partial charge in [0.2, 0.25) is 0 Å². The summed E-state index contributed by atoms with van der Waals surface area (Å²) in [7, 11) is 0. The minimum Gasteiger partial charge on any atom is -0.482 e. The molecule has 1 aromatic rings. The van der Waals surface area contributed by atoms with Crippen molar-refractivity contribution in [1.82, 2.24) is 10.3 Å². The van der Waals surface area contributed by atoms with Gasteiger partial charge < -0.3 is 14.8 Å². The molecule has 1 aromatic heterocycles. The van der Waals surface area contributed by atoms with Gasteiger partial charge in [0.1, 0.15) is 5.75 Å². The molecule has 1 N–H and O–H groups in total. The molecule has 0 radical (unpaired) electrons. The molecule has 0 unspecified atom stereocenters. The average Bonchev–Trinajstić information content (AvgIpc) is 2.39. The number of carbonyl (C=O) groups is 1. The summed E-state index contributed by atoms with van der Waals surface area (Å²) in [5.41, 5.74) is 0.788. The number of aromatic nitrogens is 1. The molecule has 1 amide bonds. The number of nitrogens with one attached hydrogen (secondary N) is 1. The number of hydrogen-bond acceptors (Lipinski definition) is 4. The molecule has 1 aliphatic heterocycles. The number of rotatable bonds is 4. The number of pyridine rings is 1. The van der Waals surface area contributed by atoms with Crippen LogP contribution in [-0.4, -0.2) is 36.8 Å². The smallest absolute Gasteiger partial charge is 0.258 e. The van der Waals surface area contributed by atoms with Crippen LogP contribution in [0.4, 0.5) is 0 Å². The first-order chi connectivity index (χ1) is 8.75. The Hall–Kier alpha value is -1.62. The van der Waals surface area contributed by atoms with Gasteiger partial charge >= 0.3 is 0 Å². The molecule has 0 bridgehead atoms. The molecule has 98 valence electrons. The number of amides is 1. The largest absolute Gasteiger partial charge is 0.482 e. The summed E-state index contributed by atoms with van der Waals surface area (Å²) < 4.78 is 10.7. The predicted molar refractivity (Wildman–Crippen MR) is 66.5 cm³/mol. The molecule has 5 heteroatoms. The Balaban J connectivity index is 1.76. The molecule has 2 rings (SSSR count). The summed E-state index contributed by atoms with van der Waals surface area (Å²) in [6, 6.07) is 3.81. The van der Waals surface area contributed by atoms with E-state index in [-0.39, 0.29) is 18.6 Å². The van der Waals surface area contributed by atoms with E-state index in [9.17, 15) is 4.79 Å². The maximum absolute atomic E-state index is 11.7. The fourth-order valence-electron chi connectivity index (χ4n) is 1.88. The SMILES string of the molecule is Cc1ncccc1OCC(=O)NC1CCOCC1. The van der Waals surface area contributed by atoms with Crippen molar-refractivity contribution in [2.45, 2.75) is 25.8 Å². The van der Waals surface area contributed by atoms with Gasteiger partial charge in [-0.1, -0.05) is 0 Å². The van der Waals surface area contributed by atoms with Crippen LogP contribution in [0.1, 0.15) is 18.5 Å². The summed E-state index contributed by atoms with van der Waals surface area (Å²) in [5, 5.41) is 2.94. The van der Waals surface area contributed by atoms with Gasteiger partial charge in [0, 0.05) is 25.5 Å². The second-order valence-corrected chi connectivity index (χ2v) is 4.33. The van der Waals surface area contributed by atoms with E-state index in [1.54, 1.807) is 12.3 Å². The number of nitrogens with zero attached hydrogens (tertiary/aromatic N) is 1. The molecule has 1 fully saturated rings. The average molecular weight is 250 g/mol. The highest BCUT2D eigenvalue weighted by molar-refractivity contribution is 5.77. The molecule has 1 aliphatic rings. The van der Waals surface area contributed by atoms with Crippen LogP contribution in [0.2, 0.25) is 0 Å². The fraction of sp³-hybridized carbons (Fsp3) is 0.538. The van der Waals surface area contributed by atoms with E-state index >= 15 is 0 Å². The second kappa shape index (κ2) is 6.35. The summed E-state index contributed by atoms with van der Waals surface area (Å²) in [5.74, 6) is 0.560. The third-order valence-corrected chi connectivity index (χ3v) is 2.90. The Morgan fingerprint density at radius 1 is 1.56 bits per heavy atom. The van der Waals surface area contributed by atoms with Crippen molar-refractivity contribution in [2.75, 3.05) is 19.8 Å². The lowest BCUT2D eigenvalue weighted by molar-refractivity contribution is -0.124. The number of carbonyl (C=O) groups excluding carboxylic acids is 1. The first-order valence-electron chi connectivity index (χ1n) is 6.17. The van der Waals surface area contributed by atoms with Gasteiger partial charge in [0.25, 0.3) is 5.91 Å². The molecule has 0 atom stereocenters. The third kappa shape index (κ3) is 3.70. The molecule has 1 saturated heterocycles. The van der Waals surface area contributed by atoms with E-state index in [1.807, 2.05) is 13.0 Å². The first-order valence-corrected chi connectivity index (χ1v) is 6.17. The number of ether oxygens (including phenoxy) is 2. The molecular weight excluding hydrogens is 232 g/mol. The Morgan fingerprint density at radius 2 is 2.33 bits per heavy atom. The lowest BCUT2D eigenvalue weighted by Gasteiger charge is -2.23. The zero-order chi connectivity index (χ0) is 12.8. The molecule has 0 aliphatic carbocycles. The second-order valence-electron chi connectivity index (χ2n) is 4.33. The van der Waals surface area contributed by atoms with Gasteiger partial charge in [0.05, 0.1) is 5.69 Å². The highest BCUT2D eigenvalue weighted by Gasteiger charge is 2.16. The third-order valence-electron chi connectivity index (χ3n) is 2.90. The highest BCUT2D eigenvalue weighted by atomic mass is 16.5. The molecule has 0 aromatic carbocycles. The van der Waals surface area contributed by atoms with Crippen molar-refractivity contribution in [1.29, 1.82) is 0 Å². The number of hydrogen-bond donors (Lipinski definition) is 1. The van der Waals surface area contributed by atoms with Gasteiger partial charge in [-0.15, -0.1) is 0 Å². The van der Waals surface area contributed by atoms with E-state index in [1.165, 1.54) is 0 Å². The summed E-state index contributed by atoms with van der Waals surface area (Å²) >= 11 is 0. The lowest BCUT2D eigenvalue weighted by Crippen LogP contribution is -2.41. The van der Waals surface area contributed by atoms with E-state index in [0.29, 0.717) is 19.0 Å². The quantitative estimate of drug-likeness (QED) is 0.868.